The Labute approximate surface area is 172 Å². The molecule has 0 aliphatic rings. The first-order valence-corrected chi connectivity index (χ1v) is 10.3. The molecule has 0 fully saturated rings. The number of anilines is 1. The molecule has 2 aromatic carbocycles. The molecule has 0 aliphatic heterocycles. The molecule has 0 spiro atoms. The molecular formula is C19H27ClN4O3S. The number of carbonyl (C=O) groups excluding carboxylic acids is 1. The Morgan fingerprint density at radius 3 is 2.36 bits per heavy atom. The number of primary sulfonamides is 1. The lowest BCUT2D eigenvalue weighted by Crippen LogP contribution is -2.34. The first-order valence-electron chi connectivity index (χ1n) is 8.77. The summed E-state index contributed by atoms with van der Waals surface area (Å²) in [5.41, 5.74) is 7.32. The van der Waals surface area contributed by atoms with Crippen molar-refractivity contribution in [3.8, 4) is 0 Å². The molecule has 0 aliphatic carbocycles. The number of rotatable bonds is 10. The minimum absolute atomic E-state index is 0. The molecule has 0 bridgehead atoms. The standard InChI is InChI=1S/C19H26N4O3S.ClH/c20-11-14-23(12-9-16-5-2-1-3-6-16)13-10-19(24)22-17-7-4-8-18(15-17)27(21,25)26;/h1-8,15H,9-14,20H2,(H,22,24)(H2,21,25,26);1H. The van der Waals surface area contributed by atoms with Gasteiger partial charge in [0.15, 0.2) is 0 Å². The van der Waals surface area contributed by atoms with Gasteiger partial charge in [-0.1, -0.05) is 36.4 Å². The number of hydrogen-bond acceptors (Lipinski definition) is 5. The molecule has 28 heavy (non-hydrogen) atoms. The lowest BCUT2D eigenvalue weighted by Gasteiger charge is -2.21. The van der Waals surface area contributed by atoms with Gasteiger partial charge in [-0.3, -0.25) is 4.79 Å². The summed E-state index contributed by atoms with van der Waals surface area (Å²) in [4.78, 5) is 14.3. The van der Waals surface area contributed by atoms with Gasteiger partial charge < -0.3 is 16.0 Å². The van der Waals surface area contributed by atoms with Crippen LogP contribution in [-0.2, 0) is 21.2 Å². The fraction of sp³-hybridized carbons (Fsp3) is 0.316. The molecule has 1 amide bonds. The highest BCUT2D eigenvalue weighted by molar-refractivity contribution is 7.89. The van der Waals surface area contributed by atoms with Gasteiger partial charge in [-0.15, -0.1) is 12.4 Å². The van der Waals surface area contributed by atoms with Crippen molar-refractivity contribution >= 4 is 34.0 Å². The van der Waals surface area contributed by atoms with Gasteiger partial charge in [-0.05, 0) is 30.2 Å². The maximum absolute atomic E-state index is 12.2. The Hall–Kier alpha value is -1.97. The maximum atomic E-state index is 12.2. The molecular weight excluding hydrogens is 400 g/mol. The van der Waals surface area contributed by atoms with Crippen molar-refractivity contribution in [3.63, 3.8) is 0 Å². The highest BCUT2D eigenvalue weighted by Crippen LogP contribution is 2.14. The monoisotopic (exact) mass is 426 g/mol. The maximum Gasteiger partial charge on any atom is 0.238 e. The van der Waals surface area contributed by atoms with Crippen LogP contribution in [-0.4, -0.2) is 45.4 Å². The van der Waals surface area contributed by atoms with Crippen LogP contribution in [0.2, 0.25) is 0 Å². The average molecular weight is 427 g/mol. The Morgan fingerprint density at radius 2 is 1.71 bits per heavy atom. The van der Waals surface area contributed by atoms with Crippen LogP contribution in [0.1, 0.15) is 12.0 Å². The molecule has 0 saturated heterocycles. The summed E-state index contributed by atoms with van der Waals surface area (Å²) in [5, 5.41) is 7.82. The first kappa shape index (κ1) is 24.1. The lowest BCUT2D eigenvalue weighted by atomic mass is 10.1. The third-order valence-electron chi connectivity index (χ3n) is 4.11. The van der Waals surface area contributed by atoms with Gasteiger partial charge in [-0.25, -0.2) is 13.6 Å². The molecule has 2 aromatic rings. The number of hydrogen-bond donors (Lipinski definition) is 3. The van der Waals surface area contributed by atoms with Gasteiger partial charge in [0.1, 0.15) is 0 Å². The normalized spacial score (nSPS) is 11.1. The Bertz CT molecular complexity index is 847. The fourth-order valence-electron chi connectivity index (χ4n) is 2.68. The van der Waals surface area contributed by atoms with Gasteiger partial charge in [0.2, 0.25) is 15.9 Å². The van der Waals surface area contributed by atoms with E-state index in [2.05, 4.69) is 22.3 Å². The van der Waals surface area contributed by atoms with Crippen molar-refractivity contribution < 1.29 is 13.2 Å². The van der Waals surface area contributed by atoms with E-state index in [1.54, 1.807) is 6.07 Å². The third kappa shape index (κ3) is 8.37. The molecule has 2 rings (SSSR count). The average Bonchev–Trinajstić information content (AvgIpc) is 2.64. The van der Waals surface area contributed by atoms with Crippen LogP contribution in [0.25, 0.3) is 0 Å². The van der Waals surface area contributed by atoms with E-state index in [0.717, 1.165) is 13.0 Å². The highest BCUT2D eigenvalue weighted by Gasteiger charge is 2.11. The fourth-order valence-corrected chi connectivity index (χ4v) is 3.24. The second-order valence-corrected chi connectivity index (χ2v) is 7.80. The molecule has 9 heteroatoms. The Kier molecular flexibility index (Phi) is 10.1. The van der Waals surface area contributed by atoms with Crippen LogP contribution >= 0.6 is 12.4 Å². The lowest BCUT2D eigenvalue weighted by molar-refractivity contribution is -0.116. The van der Waals surface area contributed by atoms with Gasteiger partial charge in [0.25, 0.3) is 0 Å². The Morgan fingerprint density at radius 1 is 1.00 bits per heavy atom. The second kappa shape index (κ2) is 11.8. The minimum atomic E-state index is -3.80. The van der Waals surface area contributed by atoms with Crippen LogP contribution in [0.15, 0.2) is 59.5 Å². The van der Waals surface area contributed by atoms with Crippen molar-refractivity contribution in [2.75, 3.05) is 31.5 Å². The van der Waals surface area contributed by atoms with E-state index in [1.807, 2.05) is 18.2 Å². The summed E-state index contributed by atoms with van der Waals surface area (Å²) >= 11 is 0. The summed E-state index contributed by atoms with van der Waals surface area (Å²) in [6.45, 7) is 2.62. The molecule has 7 nitrogen and oxygen atoms in total. The molecule has 0 unspecified atom stereocenters. The minimum Gasteiger partial charge on any atom is -0.329 e. The number of benzene rings is 2. The summed E-state index contributed by atoms with van der Waals surface area (Å²) in [5.74, 6) is -0.191. The van der Waals surface area contributed by atoms with Crippen LogP contribution in [0.4, 0.5) is 5.69 Å². The molecule has 5 N–H and O–H groups in total. The van der Waals surface area contributed by atoms with E-state index in [9.17, 15) is 13.2 Å². The zero-order chi connectivity index (χ0) is 19.7. The van der Waals surface area contributed by atoms with Gasteiger partial charge >= 0.3 is 0 Å². The summed E-state index contributed by atoms with van der Waals surface area (Å²) < 4.78 is 22.8. The summed E-state index contributed by atoms with van der Waals surface area (Å²) in [7, 11) is -3.80. The summed E-state index contributed by atoms with van der Waals surface area (Å²) in [6.07, 6.45) is 1.17. The van der Waals surface area contributed by atoms with Crippen molar-refractivity contribution in [2.24, 2.45) is 10.9 Å². The van der Waals surface area contributed by atoms with Gasteiger partial charge in [-0.2, -0.15) is 0 Å². The third-order valence-corrected chi connectivity index (χ3v) is 5.02. The zero-order valence-corrected chi connectivity index (χ0v) is 17.2. The molecule has 0 atom stereocenters. The van der Waals surface area contributed by atoms with E-state index >= 15 is 0 Å². The first-order chi connectivity index (χ1) is 12.9. The van der Waals surface area contributed by atoms with Crippen molar-refractivity contribution in [1.29, 1.82) is 0 Å². The van der Waals surface area contributed by atoms with E-state index in [1.165, 1.54) is 23.8 Å². The quantitative estimate of drug-likeness (QED) is 0.533. The summed E-state index contributed by atoms with van der Waals surface area (Å²) in [6, 6.07) is 16.0. The zero-order valence-electron chi connectivity index (χ0n) is 15.6. The number of carbonyl (C=O) groups is 1. The Balaban J connectivity index is 0.00000392. The number of sulfonamides is 1. The number of amides is 1. The van der Waals surface area contributed by atoms with Gasteiger partial charge in [0.05, 0.1) is 4.90 Å². The van der Waals surface area contributed by atoms with E-state index in [-0.39, 0.29) is 29.6 Å². The van der Waals surface area contributed by atoms with Crippen LogP contribution in [0, 0.1) is 0 Å². The van der Waals surface area contributed by atoms with Crippen LogP contribution in [0.5, 0.6) is 0 Å². The van der Waals surface area contributed by atoms with Crippen molar-refractivity contribution in [1.82, 2.24) is 4.90 Å². The number of halogens is 1. The second-order valence-electron chi connectivity index (χ2n) is 6.24. The molecule has 0 heterocycles. The van der Waals surface area contributed by atoms with E-state index in [0.29, 0.717) is 25.3 Å². The number of nitrogens with one attached hydrogen (secondary N) is 1. The van der Waals surface area contributed by atoms with E-state index in [4.69, 9.17) is 10.9 Å². The number of nitrogens with two attached hydrogens (primary N) is 2. The predicted molar refractivity (Wildman–Crippen MR) is 114 cm³/mol. The van der Waals surface area contributed by atoms with Gasteiger partial charge in [0, 0.05) is 38.3 Å². The smallest absolute Gasteiger partial charge is 0.238 e. The molecule has 0 saturated carbocycles. The molecule has 0 radical (unpaired) electrons. The topological polar surface area (TPSA) is 119 Å². The van der Waals surface area contributed by atoms with E-state index < -0.39 is 10.0 Å². The highest BCUT2D eigenvalue weighted by atomic mass is 35.5. The largest absolute Gasteiger partial charge is 0.329 e. The molecule has 0 aromatic heterocycles. The SMILES string of the molecule is Cl.NCCN(CCC(=O)Nc1cccc(S(N)(=O)=O)c1)CCc1ccccc1. The van der Waals surface area contributed by atoms with Crippen molar-refractivity contribution in [2.45, 2.75) is 17.7 Å². The van der Waals surface area contributed by atoms with Crippen LogP contribution < -0.4 is 16.2 Å². The van der Waals surface area contributed by atoms with Crippen molar-refractivity contribution in [3.05, 3.63) is 60.2 Å². The number of nitrogens with zero attached hydrogens (tertiary/aromatic N) is 1. The predicted octanol–water partition coefficient (Wildman–Crippen LogP) is 1.59. The molecule has 154 valence electrons. The van der Waals surface area contributed by atoms with Crippen LogP contribution in [0.3, 0.4) is 0 Å².